The Morgan fingerprint density at radius 3 is 2.24 bits per heavy atom. The van der Waals surface area contributed by atoms with E-state index >= 15 is 0 Å². The predicted octanol–water partition coefficient (Wildman–Crippen LogP) is 3.58. The van der Waals surface area contributed by atoms with E-state index in [-0.39, 0.29) is 11.5 Å². The summed E-state index contributed by atoms with van der Waals surface area (Å²) in [5, 5.41) is 0. The summed E-state index contributed by atoms with van der Waals surface area (Å²) in [5.41, 5.74) is -2.30. The van der Waals surface area contributed by atoms with E-state index in [9.17, 15) is 14.2 Å². The number of para-hydroxylation sites is 2. The van der Waals surface area contributed by atoms with Crippen LogP contribution in [0.5, 0.6) is 11.5 Å². The summed E-state index contributed by atoms with van der Waals surface area (Å²) in [6, 6.07) is 16.8. The molecule has 174 valence electrons. The average molecular weight is 480 g/mol. The summed E-state index contributed by atoms with van der Waals surface area (Å²) in [6.07, 6.45) is 9.23. The zero-order chi connectivity index (χ0) is 24.2. The number of ether oxygens (including phenoxy) is 1. The number of aromatic nitrogens is 2. The first-order valence-electron chi connectivity index (χ1n) is 10.2. The number of hydrogen-bond donors (Lipinski definition) is 1. The van der Waals surface area contributed by atoms with Crippen molar-refractivity contribution in [3.8, 4) is 23.8 Å². The van der Waals surface area contributed by atoms with Crippen LogP contribution in [0.25, 0.3) is 0 Å². The first-order valence-corrected chi connectivity index (χ1v) is 11.7. The summed E-state index contributed by atoms with van der Waals surface area (Å²) in [6.45, 7) is 1.16. The summed E-state index contributed by atoms with van der Waals surface area (Å²) in [7, 11) is -4.21. The monoisotopic (exact) mass is 480 g/mol. The van der Waals surface area contributed by atoms with Gasteiger partial charge in [-0.1, -0.05) is 42.3 Å². The first kappa shape index (κ1) is 23.3. The van der Waals surface area contributed by atoms with Gasteiger partial charge in [0.25, 0.3) is 5.56 Å². The van der Waals surface area contributed by atoms with Crippen LogP contribution in [0.15, 0.2) is 88.6 Å². The molecule has 1 N–H and O–H groups in total. The van der Waals surface area contributed by atoms with Crippen LogP contribution in [0.1, 0.15) is 11.8 Å². The molecule has 0 bridgehead atoms. The van der Waals surface area contributed by atoms with Crippen molar-refractivity contribution in [2.24, 2.45) is 0 Å². The van der Waals surface area contributed by atoms with Crippen LogP contribution >= 0.6 is 7.82 Å². The lowest BCUT2D eigenvalue weighted by Crippen LogP contribution is -2.37. The summed E-state index contributed by atoms with van der Waals surface area (Å²) >= 11 is 0. The Bertz CT molecular complexity index is 1350. The fraction of sp³-hybridized carbons (Fsp3) is 0.167. The maximum absolute atomic E-state index is 13.5. The zero-order valence-corrected chi connectivity index (χ0v) is 19.0. The molecule has 0 saturated heterocycles. The molecule has 0 amide bonds. The topological polar surface area (TPSA) is 109 Å². The minimum Gasteiger partial charge on any atom is -0.395 e. The van der Waals surface area contributed by atoms with Gasteiger partial charge in [0, 0.05) is 11.8 Å². The standard InChI is InChI=1S/C24H21N2O7P/c1-3-24(15-14-21(31-24)26-16-18(2)22(27)25-23(26)28)17-30-34(29,32-19-10-6-4-7-11-19)33-20-12-8-5-9-13-20/h1,4-16,21H,17H2,2H3,(H,25,27,28)/t21-,24+/m1/s1. The van der Waals surface area contributed by atoms with E-state index in [1.54, 1.807) is 73.7 Å². The summed E-state index contributed by atoms with van der Waals surface area (Å²) < 4.78 is 37.4. The van der Waals surface area contributed by atoms with Gasteiger partial charge in [-0.25, -0.2) is 9.36 Å². The molecule has 1 aliphatic heterocycles. The number of H-pyrrole nitrogens is 1. The first-order chi connectivity index (χ1) is 16.3. The Balaban J connectivity index is 1.55. The highest BCUT2D eigenvalue weighted by Crippen LogP contribution is 2.50. The number of terminal acetylenes is 1. The number of aryl methyl sites for hydroxylation is 1. The molecule has 0 aliphatic carbocycles. The molecule has 4 rings (SSSR count). The van der Waals surface area contributed by atoms with Crippen molar-refractivity contribution >= 4 is 7.82 Å². The van der Waals surface area contributed by atoms with E-state index in [1.807, 2.05) is 0 Å². The molecule has 0 unspecified atom stereocenters. The molecule has 2 heterocycles. The van der Waals surface area contributed by atoms with Gasteiger partial charge in [-0.05, 0) is 43.3 Å². The van der Waals surface area contributed by atoms with Crippen LogP contribution in [0.4, 0.5) is 0 Å². The van der Waals surface area contributed by atoms with Crippen molar-refractivity contribution in [1.29, 1.82) is 0 Å². The molecule has 1 aliphatic rings. The highest BCUT2D eigenvalue weighted by molar-refractivity contribution is 7.49. The molecule has 10 heteroatoms. The normalized spacial score (nSPS) is 19.5. The molecule has 0 saturated carbocycles. The molecule has 0 spiro atoms. The number of hydrogen-bond acceptors (Lipinski definition) is 7. The molecule has 3 aromatic rings. The van der Waals surface area contributed by atoms with Crippen LogP contribution < -0.4 is 20.3 Å². The fourth-order valence-corrected chi connectivity index (χ4v) is 4.38. The van der Waals surface area contributed by atoms with E-state index in [0.29, 0.717) is 5.56 Å². The molecule has 2 aromatic carbocycles. The number of benzene rings is 2. The SMILES string of the molecule is C#C[C@@]1(COP(=O)(Oc2ccccc2)Oc2ccccc2)C=C[C@H](n2cc(C)c(=O)[nH]c2=O)O1. The van der Waals surface area contributed by atoms with E-state index in [2.05, 4.69) is 10.9 Å². The number of nitrogens with zero attached hydrogens (tertiary/aromatic N) is 1. The van der Waals surface area contributed by atoms with Gasteiger partial charge in [-0.2, -0.15) is 0 Å². The van der Waals surface area contributed by atoms with Gasteiger partial charge < -0.3 is 13.8 Å². The van der Waals surface area contributed by atoms with Crippen molar-refractivity contribution < 1.29 is 22.9 Å². The number of phosphoric ester groups is 1. The zero-order valence-electron chi connectivity index (χ0n) is 18.1. The van der Waals surface area contributed by atoms with Crippen LogP contribution in [-0.4, -0.2) is 21.8 Å². The number of phosphoric acid groups is 1. The van der Waals surface area contributed by atoms with Gasteiger partial charge in [0.2, 0.25) is 0 Å². The maximum atomic E-state index is 13.5. The molecular weight excluding hydrogens is 459 g/mol. The quantitative estimate of drug-likeness (QED) is 0.298. The Hall–Kier alpha value is -3.83. The Morgan fingerprint density at radius 2 is 1.68 bits per heavy atom. The molecule has 34 heavy (non-hydrogen) atoms. The lowest BCUT2D eigenvalue weighted by molar-refractivity contribution is -0.0486. The lowest BCUT2D eigenvalue weighted by Gasteiger charge is -2.26. The Morgan fingerprint density at radius 1 is 1.09 bits per heavy atom. The molecular formula is C24H21N2O7P. The third-order valence-corrected chi connectivity index (χ3v) is 6.20. The molecule has 1 aromatic heterocycles. The van der Waals surface area contributed by atoms with Crippen LogP contribution in [0.2, 0.25) is 0 Å². The third-order valence-electron chi connectivity index (χ3n) is 4.88. The third kappa shape index (κ3) is 5.21. The van der Waals surface area contributed by atoms with Gasteiger partial charge in [0.05, 0.1) is 0 Å². The van der Waals surface area contributed by atoms with Gasteiger partial charge >= 0.3 is 13.5 Å². The minimum atomic E-state index is -4.21. The second kappa shape index (κ2) is 9.57. The predicted molar refractivity (Wildman–Crippen MR) is 125 cm³/mol. The average Bonchev–Trinajstić information content (AvgIpc) is 3.26. The molecule has 0 radical (unpaired) electrons. The lowest BCUT2D eigenvalue weighted by atomic mass is 10.1. The maximum Gasteiger partial charge on any atom is 0.587 e. The van der Waals surface area contributed by atoms with E-state index in [1.165, 1.54) is 16.8 Å². The summed E-state index contributed by atoms with van der Waals surface area (Å²) in [5.74, 6) is 3.01. The van der Waals surface area contributed by atoms with Gasteiger partial charge in [-0.15, -0.1) is 6.42 Å². The van der Waals surface area contributed by atoms with Gasteiger partial charge in [-0.3, -0.25) is 18.9 Å². The van der Waals surface area contributed by atoms with Crippen molar-refractivity contribution in [3.05, 3.63) is 105 Å². The van der Waals surface area contributed by atoms with Crippen molar-refractivity contribution in [3.63, 3.8) is 0 Å². The van der Waals surface area contributed by atoms with Crippen molar-refractivity contribution in [1.82, 2.24) is 9.55 Å². The van der Waals surface area contributed by atoms with Crippen LogP contribution in [-0.2, 0) is 13.8 Å². The van der Waals surface area contributed by atoms with Crippen molar-refractivity contribution in [2.75, 3.05) is 6.61 Å². The highest BCUT2D eigenvalue weighted by Gasteiger charge is 2.41. The van der Waals surface area contributed by atoms with Gasteiger partial charge in [0.15, 0.2) is 11.8 Å². The van der Waals surface area contributed by atoms with Gasteiger partial charge in [0.1, 0.15) is 18.1 Å². The molecule has 0 fully saturated rings. The fourth-order valence-electron chi connectivity index (χ4n) is 3.13. The second-order valence-corrected chi connectivity index (χ2v) is 8.93. The van der Waals surface area contributed by atoms with E-state index in [4.69, 9.17) is 24.7 Å². The number of rotatable bonds is 8. The van der Waals surface area contributed by atoms with Crippen molar-refractivity contribution in [2.45, 2.75) is 18.8 Å². The minimum absolute atomic E-state index is 0.271. The number of nitrogens with one attached hydrogen (secondary N) is 1. The highest BCUT2D eigenvalue weighted by atomic mass is 31.2. The number of aromatic amines is 1. The Kier molecular flexibility index (Phi) is 6.57. The van der Waals surface area contributed by atoms with E-state index < -0.39 is 37.5 Å². The van der Waals surface area contributed by atoms with Crippen LogP contribution in [0, 0.1) is 19.3 Å². The van der Waals surface area contributed by atoms with Crippen LogP contribution in [0.3, 0.4) is 0 Å². The molecule has 2 atom stereocenters. The second-order valence-electron chi connectivity index (χ2n) is 7.41. The molecule has 9 nitrogen and oxygen atoms in total. The Labute approximate surface area is 195 Å². The smallest absolute Gasteiger partial charge is 0.395 e. The van der Waals surface area contributed by atoms with E-state index in [0.717, 1.165) is 0 Å². The largest absolute Gasteiger partial charge is 0.587 e. The summed E-state index contributed by atoms with van der Waals surface area (Å²) in [4.78, 5) is 26.1.